The van der Waals surface area contributed by atoms with Crippen molar-refractivity contribution >= 4 is 5.91 Å². The van der Waals surface area contributed by atoms with Crippen LogP contribution in [0.3, 0.4) is 0 Å². The van der Waals surface area contributed by atoms with E-state index in [9.17, 15) is 13.6 Å². The van der Waals surface area contributed by atoms with E-state index in [0.717, 1.165) is 11.6 Å². The van der Waals surface area contributed by atoms with Crippen molar-refractivity contribution in [3.63, 3.8) is 0 Å². The molecule has 6 heteroatoms. The molecule has 23 heavy (non-hydrogen) atoms. The number of carbonyl (C=O) groups is 1. The normalized spacial score (nSPS) is 10.3. The molecule has 0 fully saturated rings. The third-order valence-electron chi connectivity index (χ3n) is 3.31. The number of carbonyl (C=O) groups excluding carboxylic acids is 1. The van der Waals surface area contributed by atoms with E-state index in [0.29, 0.717) is 6.42 Å². The van der Waals surface area contributed by atoms with Gasteiger partial charge in [-0.25, -0.2) is 8.78 Å². The molecular formula is C17H17F2NO3. The van der Waals surface area contributed by atoms with Crippen molar-refractivity contribution in [2.45, 2.75) is 6.42 Å². The van der Waals surface area contributed by atoms with Crippen LogP contribution in [0.2, 0.25) is 0 Å². The Morgan fingerprint density at radius 2 is 1.91 bits per heavy atom. The van der Waals surface area contributed by atoms with Crippen LogP contribution in [0.4, 0.5) is 8.78 Å². The minimum Gasteiger partial charge on any atom is -0.493 e. The number of benzene rings is 2. The first-order valence-corrected chi connectivity index (χ1v) is 7.00. The highest BCUT2D eigenvalue weighted by atomic mass is 19.1. The van der Waals surface area contributed by atoms with E-state index in [1.807, 2.05) is 0 Å². The second-order valence-corrected chi connectivity index (χ2v) is 4.79. The molecule has 0 aliphatic carbocycles. The van der Waals surface area contributed by atoms with Crippen LogP contribution in [-0.4, -0.2) is 26.7 Å². The summed E-state index contributed by atoms with van der Waals surface area (Å²) in [5.74, 6) is -1.35. The van der Waals surface area contributed by atoms with E-state index in [1.165, 1.54) is 32.4 Å². The van der Waals surface area contributed by atoms with Crippen molar-refractivity contribution in [1.29, 1.82) is 0 Å². The monoisotopic (exact) mass is 321 g/mol. The van der Waals surface area contributed by atoms with Crippen LogP contribution in [0.1, 0.15) is 15.9 Å². The van der Waals surface area contributed by atoms with E-state index in [1.54, 1.807) is 12.1 Å². The molecule has 2 rings (SSSR count). The Morgan fingerprint density at radius 3 is 2.57 bits per heavy atom. The van der Waals surface area contributed by atoms with Gasteiger partial charge in [0, 0.05) is 6.54 Å². The Balaban J connectivity index is 2.09. The summed E-state index contributed by atoms with van der Waals surface area (Å²) in [6.07, 6.45) is 0.428. The van der Waals surface area contributed by atoms with Crippen molar-refractivity contribution in [2.75, 3.05) is 20.8 Å². The van der Waals surface area contributed by atoms with Gasteiger partial charge in [0.25, 0.3) is 5.91 Å². The average molecular weight is 321 g/mol. The number of rotatable bonds is 6. The second kappa shape index (κ2) is 7.58. The van der Waals surface area contributed by atoms with Crippen LogP contribution in [0, 0.1) is 11.6 Å². The minimum absolute atomic E-state index is 0.0377. The zero-order valence-electron chi connectivity index (χ0n) is 12.9. The summed E-state index contributed by atoms with van der Waals surface area (Å²) in [4.78, 5) is 12.2. The molecule has 0 spiro atoms. The van der Waals surface area contributed by atoms with E-state index < -0.39 is 11.7 Å². The maximum Gasteiger partial charge on any atom is 0.258 e. The quantitative estimate of drug-likeness (QED) is 0.890. The maximum atomic E-state index is 14.0. The number of ether oxygens (including phenoxy) is 2. The summed E-state index contributed by atoms with van der Waals surface area (Å²) in [5.41, 5.74) is 0.523. The zero-order valence-corrected chi connectivity index (χ0v) is 12.9. The molecule has 2 aromatic rings. The van der Waals surface area contributed by atoms with Crippen LogP contribution in [0.15, 0.2) is 36.4 Å². The van der Waals surface area contributed by atoms with Crippen molar-refractivity contribution in [2.24, 2.45) is 0 Å². The maximum absolute atomic E-state index is 14.0. The Bertz CT molecular complexity index is 704. The molecule has 0 saturated heterocycles. The van der Waals surface area contributed by atoms with Gasteiger partial charge >= 0.3 is 0 Å². The van der Waals surface area contributed by atoms with Crippen LogP contribution in [0.5, 0.6) is 11.5 Å². The lowest BCUT2D eigenvalue weighted by Gasteiger charge is -2.13. The fourth-order valence-electron chi connectivity index (χ4n) is 2.22. The lowest BCUT2D eigenvalue weighted by molar-refractivity contribution is 0.0946. The summed E-state index contributed by atoms with van der Waals surface area (Å²) in [6.45, 7) is 0.238. The molecule has 1 amide bonds. The zero-order chi connectivity index (χ0) is 16.8. The standard InChI is InChI=1S/C17H17F2NO3/c1-22-14-7-6-13(19)15(16(14)23-2)17(21)20-9-8-11-4-3-5-12(18)10-11/h3-7,10H,8-9H2,1-2H3,(H,20,21). The summed E-state index contributed by atoms with van der Waals surface area (Å²) in [5, 5.41) is 2.60. The largest absolute Gasteiger partial charge is 0.493 e. The number of hydrogen-bond acceptors (Lipinski definition) is 3. The van der Waals surface area contributed by atoms with E-state index >= 15 is 0 Å². The molecule has 2 aromatic carbocycles. The molecule has 0 atom stereocenters. The molecule has 0 bridgehead atoms. The van der Waals surface area contributed by atoms with E-state index in [4.69, 9.17) is 9.47 Å². The Morgan fingerprint density at radius 1 is 1.13 bits per heavy atom. The van der Waals surface area contributed by atoms with E-state index in [-0.39, 0.29) is 29.4 Å². The number of hydrogen-bond donors (Lipinski definition) is 1. The third-order valence-corrected chi connectivity index (χ3v) is 3.31. The number of amides is 1. The topological polar surface area (TPSA) is 47.6 Å². The second-order valence-electron chi connectivity index (χ2n) is 4.79. The highest BCUT2D eigenvalue weighted by Gasteiger charge is 2.21. The number of halogens is 2. The fourth-order valence-corrected chi connectivity index (χ4v) is 2.22. The Hall–Kier alpha value is -2.63. The molecule has 122 valence electrons. The predicted octanol–water partition coefficient (Wildman–Crippen LogP) is 2.95. The van der Waals surface area contributed by atoms with Crippen LogP contribution < -0.4 is 14.8 Å². The molecule has 0 saturated carbocycles. The van der Waals surface area contributed by atoms with Gasteiger partial charge in [-0.3, -0.25) is 4.79 Å². The minimum atomic E-state index is -0.703. The van der Waals surface area contributed by atoms with Crippen LogP contribution in [-0.2, 0) is 6.42 Å². The highest BCUT2D eigenvalue weighted by molar-refractivity contribution is 5.98. The van der Waals surface area contributed by atoms with E-state index in [2.05, 4.69) is 5.32 Å². The molecule has 4 nitrogen and oxygen atoms in total. The summed E-state index contributed by atoms with van der Waals surface area (Å²) in [6, 6.07) is 8.61. The molecule has 0 aliphatic heterocycles. The number of nitrogens with one attached hydrogen (secondary N) is 1. The van der Waals surface area contributed by atoms with Crippen molar-refractivity contribution in [3.05, 3.63) is 59.2 Å². The summed E-state index contributed by atoms with van der Waals surface area (Å²) < 4.78 is 37.2. The molecule has 0 aliphatic rings. The summed E-state index contributed by atoms with van der Waals surface area (Å²) in [7, 11) is 2.74. The molecule has 0 aromatic heterocycles. The summed E-state index contributed by atoms with van der Waals surface area (Å²) >= 11 is 0. The molecule has 1 N–H and O–H groups in total. The third kappa shape index (κ3) is 3.97. The van der Waals surface area contributed by atoms with Gasteiger partial charge in [-0.1, -0.05) is 12.1 Å². The molecule has 0 radical (unpaired) electrons. The first-order chi connectivity index (χ1) is 11.1. The lowest BCUT2D eigenvalue weighted by Crippen LogP contribution is -2.27. The predicted molar refractivity (Wildman–Crippen MR) is 81.9 cm³/mol. The Labute approximate surface area is 133 Å². The van der Waals surface area contributed by atoms with Gasteiger partial charge in [0.2, 0.25) is 0 Å². The molecule has 0 heterocycles. The molecular weight excluding hydrogens is 304 g/mol. The van der Waals surface area contributed by atoms with Gasteiger partial charge in [0.05, 0.1) is 14.2 Å². The Kier molecular flexibility index (Phi) is 5.51. The van der Waals surface area contributed by atoms with Crippen molar-refractivity contribution in [3.8, 4) is 11.5 Å². The van der Waals surface area contributed by atoms with Gasteiger partial charge in [-0.15, -0.1) is 0 Å². The molecule has 0 unspecified atom stereocenters. The van der Waals surface area contributed by atoms with Gasteiger partial charge in [0.15, 0.2) is 11.5 Å². The lowest BCUT2D eigenvalue weighted by atomic mass is 10.1. The van der Waals surface area contributed by atoms with Crippen LogP contribution in [0.25, 0.3) is 0 Å². The van der Waals surface area contributed by atoms with Crippen LogP contribution >= 0.6 is 0 Å². The van der Waals surface area contributed by atoms with Crippen molar-refractivity contribution < 1.29 is 23.0 Å². The number of methoxy groups -OCH3 is 2. The highest BCUT2D eigenvalue weighted by Crippen LogP contribution is 2.32. The van der Waals surface area contributed by atoms with Gasteiger partial charge in [-0.05, 0) is 36.2 Å². The van der Waals surface area contributed by atoms with Gasteiger partial charge in [0.1, 0.15) is 17.2 Å². The van der Waals surface area contributed by atoms with Gasteiger partial charge < -0.3 is 14.8 Å². The first kappa shape index (κ1) is 16.7. The van der Waals surface area contributed by atoms with Crippen molar-refractivity contribution in [1.82, 2.24) is 5.32 Å². The fraction of sp³-hybridized carbons (Fsp3) is 0.235. The SMILES string of the molecule is COc1ccc(F)c(C(=O)NCCc2cccc(F)c2)c1OC. The first-order valence-electron chi connectivity index (χ1n) is 7.00. The smallest absolute Gasteiger partial charge is 0.258 e. The average Bonchev–Trinajstić information content (AvgIpc) is 2.54. The van der Waals surface area contributed by atoms with Gasteiger partial charge in [-0.2, -0.15) is 0 Å².